The molecule has 0 bridgehead atoms. The van der Waals surface area contributed by atoms with Crippen LogP contribution in [0.5, 0.6) is 5.88 Å². The molecule has 3 aromatic rings. The van der Waals surface area contributed by atoms with Gasteiger partial charge in [-0.2, -0.15) is 18.3 Å². The second kappa shape index (κ2) is 9.09. The highest BCUT2D eigenvalue weighted by Crippen LogP contribution is 2.35. The molecule has 1 fully saturated rings. The average Bonchev–Trinajstić information content (AvgIpc) is 3.14. The number of pyridine rings is 1. The Morgan fingerprint density at radius 3 is 2.73 bits per heavy atom. The van der Waals surface area contributed by atoms with Crippen molar-refractivity contribution in [2.45, 2.75) is 43.9 Å². The van der Waals surface area contributed by atoms with E-state index in [4.69, 9.17) is 16.3 Å². The maximum atomic E-state index is 13.4. The van der Waals surface area contributed by atoms with E-state index in [1.165, 1.54) is 30.1 Å². The monoisotopic (exact) mass is 481 g/mol. The molecule has 33 heavy (non-hydrogen) atoms. The van der Waals surface area contributed by atoms with Crippen molar-refractivity contribution >= 4 is 34.1 Å². The molecule has 1 aliphatic carbocycles. The molecule has 0 aliphatic heterocycles. The number of ether oxygens (including phenoxy) is 1. The highest BCUT2D eigenvalue weighted by atomic mass is 35.5. The predicted molar refractivity (Wildman–Crippen MR) is 119 cm³/mol. The molecule has 0 saturated heterocycles. The maximum Gasteiger partial charge on any atom is 0.433 e. The van der Waals surface area contributed by atoms with E-state index >= 15 is 0 Å². The lowest BCUT2D eigenvalue weighted by atomic mass is 9.90. The van der Waals surface area contributed by atoms with Crippen molar-refractivity contribution in [3.8, 4) is 5.88 Å². The van der Waals surface area contributed by atoms with Crippen molar-refractivity contribution in [3.63, 3.8) is 0 Å². The third kappa shape index (κ3) is 5.00. The second-order valence-corrected chi connectivity index (χ2v) is 8.52. The van der Waals surface area contributed by atoms with E-state index in [-0.39, 0.29) is 23.5 Å². The zero-order valence-corrected chi connectivity index (χ0v) is 18.8. The zero-order valence-electron chi connectivity index (χ0n) is 18.0. The summed E-state index contributed by atoms with van der Waals surface area (Å²) in [6, 6.07) is 5.32. The number of aromatic nitrogens is 3. The van der Waals surface area contributed by atoms with Gasteiger partial charge < -0.3 is 15.4 Å². The Morgan fingerprint density at radius 1 is 1.24 bits per heavy atom. The fourth-order valence-electron chi connectivity index (χ4n) is 4.22. The number of amides is 1. The van der Waals surface area contributed by atoms with Crippen molar-refractivity contribution in [2.75, 3.05) is 12.4 Å². The molecule has 2 N–H and O–H groups in total. The molecule has 0 radical (unpaired) electrons. The first-order valence-corrected chi connectivity index (χ1v) is 10.8. The molecule has 1 aliphatic rings. The summed E-state index contributed by atoms with van der Waals surface area (Å²) < 4.78 is 46.9. The number of rotatable bonds is 5. The summed E-state index contributed by atoms with van der Waals surface area (Å²) in [4.78, 5) is 16.5. The van der Waals surface area contributed by atoms with Gasteiger partial charge >= 0.3 is 6.18 Å². The average molecular weight is 482 g/mol. The van der Waals surface area contributed by atoms with Gasteiger partial charge in [0.15, 0.2) is 0 Å². The smallest absolute Gasteiger partial charge is 0.433 e. The first-order chi connectivity index (χ1) is 15.7. The van der Waals surface area contributed by atoms with Crippen LogP contribution in [0.4, 0.5) is 18.9 Å². The highest BCUT2D eigenvalue weighted by Gasteiger charge is 2.34. The molecule has 2 aromatic heterocycles. The fourth-order valence-corrected chi connectivity index (χ4v) is 4.39. The van der Waals surface area contributed by atoms with Crippen molar-refractivity contribution in [1.82, 2.24) is 20.1 Å². The molecule has 2 atom stereocenters. The van der Waals surface area contributed by atoms with Crippen LogP contribution < -0.4 is 15.4 Å². The normalized spacial score (nSPS) is 18.8. The molecule has 1 aromatic carbocycles. The molecule has 1 amide bonds. The molecule has 11 heteroatoms. The number of aryl methyl sites for hydroxylation is 1. The summed E-state index contributed by atoms with van der Waals surface area (Å²) in [5.41, 5.74) is -0.106. The lowest BCUT2D eigenvalue weighted by Crippen LogP contribution is -2.41. The fraction of sp³-hybridized carbons (Fsp3) is 0.409. The van der Waals surface area contributed by atoms with Crippen molar-refractivity contribution in [3.05, 3.63) is 46.7 Å². The number of alkyl halides is 3. The number of nitrogens with one attached hydrogen (secondary N) is 2. The molecule has 2 heterocycles. The third-order valence-electron chi connectivity index (χ3n) is 5.75. The van der Waals surface area contributed by atoms with Gasteiger partial charge in [0.05, 0.1) is 18.8 Å². The molecular formula is C22H23ClF3N5O2. The number of hydrogen-bond donors (Lipinski definition) is 2. The van der Waals surface area contributed by atoms with Crippen molar-refractivity contribution in [2.24, 2.45) is 7.05 Å². The molecule has 176 valence electrons. The Kier molecular flexibility index (Phi) is 6.38. The minimum Gasteiger partial charge on any atom is -0.481 e. The van der Waals surface area contributed by atoms with Crippen LogP contribution in [-0.2, 0) is 13.2 Å². The van der Waals surface area contributed by atoms with Crippen LogP contribution in [-0.4, -0.2) is 39.9 Å². The Bertz CT molecular complexity index is 1180. The minimum atomic E-state index is -4.57. The molecule has 1 saturated carbocycles. The topological polar surface area (TPSA) is 81.1 Å². The molecule has 7 nitrogen and oxygen atoms in total. The number of benzene rings is 1. The van der Waals surface area contributed by atoms with E-state index in [1.54, 1.807) is 13.1 Å². The van der Waals surface area contributed by atoms with Crippen LogP contribution in [0.15, 0.2) is 30.5 Å². The molecule has 0 unspecified atom stereocenters. The number of halogens is 4. The van der Waals surface area contributed by atoms with E-state index < -0.39 is 11.9 Å². The lowest BCUT2D eigenvalue weighted by molar-refractivity contribution is -0.140. The summed E-state index contributed by atoms with van der Waals surface area (Å²) in [5.74, 6) is 0.0592. The van der Waals surface area contributed by atoms with Gasteiger partial charge in [-0.25, -0.2) is 9.67 Å². The molecule has 4 rings (SSSR count). The first-order valence-electron chi connectivity index (χ1n) is 10.5. The summed E-state index contributed by atoms with van der Waals surface area (Å²) in [6.45, 7) is 0. The second-order valence-electron chi connectivity index (χ2n) is 8.08. The molecular weight excluding hydrogens is 459 g/mol. The number of hydrogen-bond acceptors (Lipinski definition) is 5. The zero-order chi connectivity index (χ0) is 23.8. The summed E-state index contributed by atoms with van der Waals surface area (Å²) in [6.07, 6.45) is -0.241. The predicted octanol–water partition coefficient (Wildman–Crippen LogP) is 4.80. The van der Waals surface area contributed by atoms with E-state index in [1.807, 2.05) is 0 Å². The van der Waals surface area contributed by atoms with Gasteiger partial charge in [0.1, 0.15) is 11.3 Å². The van der Waals surface area contributed by atoms with Gasteiger partial charge in [0, 0.05) is 35.2 Å². The highest BCUT2D eigenvalue weighted by molar-refractivity contribution is 6.31. The van der Waals surface area contributed by atoms with Gasteiger partial charge in [-0.1, -0.05) is 11.6 Å². The Hall–Kier alpha value is -3.01. The maximum absolute atomic E-state index is 13.4. The van der Waals surface area contributed by atoms with Gasteiger partial charge in [0.2, 0.25) is 5.88 Å². The van der Waals surface area contributed by atoms with Crippen LogP contribution >= 0.6 is 11.6 Å². The Balaban J connectivity index is 1.53. The number of anilines is 1. The summed E-state index contributed by atoms with van der Waals surface area (Å²) in [7, 11) is 3.14. The number of methoxy groups -OCH3 is 1. The Labute approximate surface area is 193 Å². The molecule has 0 spiro atoms. The first kappa shape index (κ1) is 23.2. The third-order valence-corrected chi connectivity index (χ3v) is 5.99. The van der Waals surface area contributed by atoms with E-state index in [2.05, 4.69) is 20.7 Å². The number of carbonyl (C=O) groups is 1. The number of nitrogens with zero attached hydrogens (tertiary/aromatic N) is 3. The summed E-state index contributed by atoms with van der Waals surface area (Å²) in [5, 5.41) is 11.2. The van der Waals surface area contributed by atoms with Crippen molar-refractivity contribution in [1.29, 1.82) is 0 Å². The van der Waals surface area contributed by atoms with Crippen molar-refractivity contribution < 1.29 is 22.7 Å². The van der Waals surface area contributed by atoms with Gasteiger partial charge in [0.25, 0.3) is 5.91 Å². The number of fused-ring (bicyclic) bond motifs is 1. The largest absolute Gasteiger partial charge is 0.481 e. The van der Waals surface area contributed by atoms with Gasteiger partial charge in [-0.15, -0.1) is 0 Å². The van der Waals surface area contributed by atoms with E-state index in [0.29, 0.717) is 34.0 Å². The number of carbonyl (C=O) groups excluding carboxylic acids is 1. The van der Waals surface area contributed by atoms with Gasteiger partial charge in [-0.3, -0.25) is 4.79 Å². The Morgan fingerprint density at radius 2 is 2.00 bits per heavy atom. The quantitative estimate of drug-likeness (QED) is 0.547. The van der Waals surface area contributed by atoms with Gasteiger partial charge in [-0.05, 0) is 49.9 Å². The van der Waals surface area contributed by atoms with Crippen LogP contribution in [0, 0.1) is 0 Å². The van der Waals surface area contributed by atoms with Crippen LogP contribution in [0.3, 0.4) is 0 Å². The van der Waals surface area contributed by atoms with E-state index in [9.17, 15) is 18.0 Å². The van der Waals surface area contributed by atoms with Crippen LogP contribution in [0.25, 0.3) is 10.9 Å². The minimum absolute atomic E-state index is 0.134. The lowest BCUT2D eigenvalue weighted by Gasteiger charge is -2.31. The standard InChI is InChI=1S/C22H23ClF3N5O2/c1-31-21(33-2)16(11-27-31)20(32)29-14-5-3-4-13(9-14)28-18-10-19(22(24,25)26)30-17-7-6-12(23)8-15(17)18/h6-8,10-11,13-14H,3-5,9H2,1-2H3,(H,28,30)(H,29,32)/t13-,14+/m0/s1. The van der Waals surface area contributed by atoms with Crippen LogP contribution in [0.1, 0.15) is 41.7 Å². The SMILES string of the molecule is COc1c(C(=O)N[C@@H]2CCC[C@H](Nc3cc(C(F)(F)F)nc4ccc(Cl)cc34)C2)cnn1C. The van der Waals surface area contributed by atoms with E-state index in [0.717, 1.165) is 25.3 Å². The summed E-state index contributed by atoms with van der Waals surface area (Å²) >= 11 is 6.09. The van der Waals surface area contributed by atoms with Crippen LogP contribution in [0.2, 0.25) is 5.02 Å².